The summed E-state index contributed by atoms with van der Waals surface area (Å²) in [6, 6.07) is 0. The number of fused-ring (bicyclic) bond motifs is 1. The van der Waals surface area contributed by atoms with Crippen LogP contribution in [0, 0.1) is 46.3 Å². The molecule has 0 bridgehead atoms. The number of hydrogen-bond acceptors (Lipinski definition) is 4. The van der Waals surface area contributed by atoms with E-state index in [9.17, 15) is 15.0 Å². The topological polar surface area (TPSA) is 66.8 Å². The van der Waals surface area contributed by atoms with Crippen LogP contribution < -0.4 is 0 Å². The smallest absolute Gasteiger partial charge is 0.308 e. The largest absolute Gasteiger partial charge is 0.469 e. The molecule has 0 heterocycles. The molecule has 0 saturated heterocycles. The van der Waals surface area contributed by atoms with Crippen molar-refractivity contribution in [1.82, 2.24) is 0 Å². The predicted molar refractivity (Wildman–Crippen MR) is 124 cm³/mol. The number of ether oxygens (including phenoxy) is 1. The Labute approximate surface area is 190 Å². The Morgan fingerprint density at radius 1 is 1.03 bits per heavy atom. The van der Waals surface area contributed by atoms with Crippen LogP contribution in [0.5, 0.6) is 0 Å². The van der Waals surface area contributed by atoms with Gasteiger partial charge in [0.15, 0.2) is 0 Å². The van der Waals surface area contributed by atoms with Crippen molar-refractivity contribution in [2.24, 2.45) is 46.3 Å². The number of esters is 1. The van der Waals surface area contributed by atoms with Gasteiger partial charge < -0.3 is 14.9 Å². The lowest BCUT2D eigenvalue weighted by Gasteiger charge is -2.57. The molecule has 0 spiro atoms. The molecular formula is C27H48O4. The maximum absolute atomic E-state index is 12.0. The van der Waals surface area contributed by atoms with Crippen molar-refractivity contribution in [3.8, 4) is 0 Å². The summed E-state index contributed by atoms with van der Waals surface area (Å²) in [7, 11) is 1.49. The average molecular weight is 437 g/mol. The number of hydrogen-bond donors (Lipinski definition) is 2. The van der Waals surface area contributed by atoms with Gasteiger partial charge in [-0.3, -0.25) is 4.79 Å². The Kier molecular flexibility index (Phi) is 7.84. The van der Waals surface area contributed by atoms with Crippen LogP contribution in [0.1, 0.15) is 98.8 Å². The van der Waals surface area contributed by atoms with E-state index in [2.05, 4.69) is 27.7 Å². The van der Waals surface area contributed by atoms with E-state index in [0.29, 0.717) is 29.6 Å². The van der Waals surface area contributed by atoms with Crippen molar-refractivity contribution in [1.29, 1.82) is 0 Å². The van der Waals surface area contributed by atoms with Gasteiger partial charge in [0.25, 0.3) is 0 Å². The van der Waals surface area contributed by atoms with Gasteiger partial charge in [-0.15, -0.1) is 0 Å². The Hall–Kier alpha value is -0.610. The standard InChI is InChI=1S/C27H48O4/c1-7-23(29)24-21(26(4)13-10-19(28)11-14-26)12-15-27(5)20(8-9-22(24)27)17(2)16-18(3)25(30)31-6/h17-24,28-29H,7-16H2,1-6H3/t17-,18+,19?,20?,21?,22?,23-,24?,26?,27-/m1/s1. The number of carbonyl (C=O) groups is 1. The molecule has 3 aliphatic rings. The highest BCUT2D eigenvalue weighted by Gasteiger charge is 2.59. The Morgan fingerprint density at radius 2 is 1.68 bits per heavy atom. The van der Waals surface area contributed by atoms with Crippen LogP contribution in [-0.2, 0) is 9.53 Å². The third-order valence-electron chi connectivity index (χ3n) is 10.3. The average Bonchev–Trinajstić information content (AvgIpc) is 3.11. The Bertz CT molecular complexity index is 610. The first-order chi connectivity index (χ1) is 14.6. The minimum atomic E-state index is -0.235. The van der Waals surface area contributed by atoms with E-state index in [-0.39, 0.29) is 34.9 Å². The number of aliphatic hydroxyl groups excluding tert-OH is 2. The van der Waals surface area contributed by atoms with E-state index in [1.807, 2.05) is 6.92 Å². The monoisotopic (exact) mass is 436 g/mol. The van der Waals surface area contributed by atoms with Crippen molar-refractivity contribution in [3.63, 3.8) is 0 Å². The highest BCUT2D eigenvalue weighted by Crippen LogP contribution is 2.65. The molecule has 0 aliphatic heterocycles. The zero-order chi connectivity index (χ0) is 23.0. The normalized spacial score (nSPS) is 43.7. The van der Waals surface area contributed by atoms with Crippen molar-refractivity contribution in [2.45, 2.75) is 111 Å². The molecule has 3 saturated carbocycles. The first-order valence-electron chi connectivity index (χ1n) is 13.0. The molecule has 0 radical (unpaired) electrons. The summed E-state index contributed by atoms with van der Waals surface area (Å²) in [5, 5.41) is 21.4. The third-order valence-corrected chi connectivity index (χ3v) is 10.3. The lowest BCUT2D eigenvalue weighted by atomic mass is 9.49. The van der Waals surface area contributed by atoms with E-state index in [1.165, 1.54) is 32.8 Å². The first kappa shape index (κ1) is 25.0. The molecule has 0 aromatic heterocycles. The summed E-state index contributed by atoms with van der Waals surface area (Å²) >= 11 is 0. The Morgan fingerprint density at radius 3 is 2.26 bits per heavy atom. The molecule has 0 aromatic rings. The number of carbonyl (C=O) groups excluding carboxylic acids is 1. The summed E-state index contributed by atoms with van der Waals surface area (Å²) in [6.45, 7) is 11.4. The zero-order valence-electron chi connectivity index (χ0n) is 20.9. The van der Waals surface area contributed by atoms with E-state index >= 15 is 0 Å². The highest BCUT2D eigenvalue weighted by atomic mass is 16.5. The number of aliphatic hydroxyl groups is 2. The fraction of sp³-hybridized carbons (Fsp3) is 0.963. The van der Waals surface area contributed by atoms with Gasteiger partial charge in [-0.25, -0.2) is 0 Å². The molecular weight excluding hydrogens is 388 g/mol. The first-order valence-corrected chi connectivity index (χ1v) is 13.0. The van der Waals surface area contributed by atoms with Gasteiger partial charge in [0.05, 0.1) is 25.2 Å². The molecule has 0 aromatic carbocycles. The van der Waals surface area contributed by atoms with E-state index < -0.39 is 0 Å². The fourth-order valence-electron chi connectivity index (χ4n) is 8.44. The van der Waals surface area contributed by atoms with Crippen LogP contribution in [0.2, 0.25) is 0 Å². The Balaban J connectivity index is 1.81. The molecule has 3 rings (SSSR count). The summed E-state index contributed by atoms with van der Waals surface area (Å²) in [5.74, 6) is 2.42. The van der Waals surface area contributed by atoms with Crippen molar-refractivity contribution in [2.75, 3.05) is 7.11 Å². The highest BCUT2D eigenvalue weighted by molar-refractivity contribution is 5.71. The van der Waals surface area contributed by atoms with Gasteiger partial charge in [-0.2, -0.15) is 0 Å². The van der Waals surface area contributed by atoms with Crippen LogP contribution in [0.25, 0.3) is 0 Å². The van der Waals surface area contributed by atoms with Crippen molar-refractivity contribution in [3.05, 3.63) is 0 Å². The summed E-state index contributed by atoms with van der Waals surface area (Å²) < 4.78 is 4.98. The molecule has 3 aliphatic carbocycles. The fourth-order valence-corrected chi connectivity index (χ4v) is 8.44. The molecule has 3 fully saturated rings. The molecule has 4 unspecified atom stereocenters. The second kappa shape index (κ2) is 9.71. The van der Waals surface area contributed by atoms with Crippen LogP contribution in [-0.4, -0.2) is 35.5 Å². The predicted octanol–water partition coefficient (Wildman–Crippen LogP) is 5.59. The second-order valence-electron chi connectivity index (χ2n) is 12.0. The van der Waals surface area contributed by atoms with Gasteiger partial charge >= 0.3 is 5.97 Å². The van der Waals surface area contributed by atoms with Gasteiger partial charge in [0.2, 0.25) is 0 Å². The van der Waals surface area contributed by atoms with Crippen molar-refractivity contribution < 1.29 is 19.7 Å². The molecule has 8 atom stereocenters. The second-order valence-corrected chi connectivity index (χ2v) is 12.0. The van der Waals surface area contributed by atoms with Crippen LogP contribution in [0.15, 0.2) is 0 Å². The molecule has 4 nitrogen and oxygen atoms in total. The van der Waals surface area contributed by atoms with E-state index in [4.69, 9.17) is 4.74 Å². The number of methoxy groups -OCH3 is 1. The van der Waals surface area contributed by atoms with Gasteiger partial charge in [0.1, 0.15) is 0 Å². The summed E-state index contributed by atoms with van der Waals surface area (Å²) in [6.07, 6.45) is 10.2. The van der Waals surface area contributed by atoms with Gasteiger partial charge in [-0.1, -0.05) is 34.6 Å². The van der Waals surface area contributed by atoms with Crippen LogP contribution >= 0.6 is 0 Å². The van der Waals surface area contributed by atoms with Gasteiger partial charge in [-0.05, 0) is 105 Å². The van der Waals surface area contributed by atoms with Crippen molar-refractivity contribution >= 4 is 5.97 Å². The minimum Gasteiger partial charge on any atom is -0.469 e. The molecule has 2 N–H and O–H groups in total. The lowest BCUT2D eigenvalue weighted by Crippen LogP contribution is -2.52. The SMILES string of the molecule is CC[C@@H](O)C1C(C2(C)CCC(O)CC2)CC[C@@]2(C)C1CCC2[C@H](C)C[C@H](C)C(=O)OC. The van der Waals surface area contributed by atoms with E-state index in [1.54, 1.807) is 0 Å². The van der Waals surface area contributed by atoms with E-state index in [0.717, 1.165) is 38.5 Å². The molecule has 31 heavy (non-hydrogen) atoms. The number of rotatable bonds is 7. The van der Waals surface area contributed by atoms with Crippen LogP contribution in [0.4, 0.5) is 0 Å². The van der Waals surface area contributed by atoms with Gasteiger partial charge in [0, 0.05) is 0 Å². The quantitative estimate of drug-likeness (QED) is 0.510. The molecule has 0 amide bonds. The van der Waals surface area contributed by atoms with Crippen LogP contribution in [0.3, 0.4) is 0 Å². The lowest BCUT2D eigenvalue weighted by molar-refractivity contribution is -0.146. The maximum atomic E-state index is 12.0. The zero-order valence-corrected chi connectivity index (χ0v) is 20.9. The third kappa shape index (κ3) is 4.71. The maximum Gasteiger partial charge on any atom is 0.308 e. The minimum absolute atomic E-state index is 0.0522. The molecule has 180 valence electrons. The summed E-state index contributed by atoms with van der Waals surface area (Å²) in [5.41, 5.74) is 0.488. The molecule has 4 heteroatoms. The summed E-state index contributed by atoms with van der Waals surface area (Å²) in [4.78, 5) is 12.0.